The van der Waals surface area contributed by atoms with Gasteiger partial charge in [-0.25, -0.2) is 0 Å². The number of hydrogen-bond donors (Lipinski definition) is 2. The van der Waals surface area contributed by atoms with Gasteiger partial charge in [-0.15, -0.1) is 0 Å². The SMILES string of the molecule is COc1ccc2nccc(CCC3(O)CCC(C(N)=O)CC3)c2c1. The molecule has 1 heterocycles. The normalized spacial score (nSPS) is 24.0. The fourth-order valence-electron chi connectivity index (χ4n) is 3.58. The van der Waals surface area contributed by atoms with Crippen molar-refractivity contribution in [2.75, 3.05) is 7.11 Å². The number of aromatic nitrogens is 1. The van der Waals surface area contributed by atoms with E-state index in [0.717, 1.165) is 28.6 Å². The molecule has 5 nitrogen and oxygen atoms in total. The highest BCUT2D eigenvalue weighted by Gasteiger charge is 2.34. The number of ether oxygens (including phenoxy) is 1. The third-order valence-corrected chi connectivity index (χ3v) is 5.22. The van der Waals surface area contributed by atoms with Crippen LogP contribution in [0.1, 0.15) is 37.7 Å². The highest BCUT2D eigenvalue weighted by molar-refractivity contribution is 5.83. The van der Waals surface area contributed by atoms with Crippen LogP contribution in [0.4, 0.5) is 0 Å². The largest absolute Gasteiger partial charge is 0.497 e. The van der Waals surface area contributed by atoms with Gasteiger partial charge in [-0.3, -0.25) is 9.78 Å². The maximum atomic E-state index is 11.3. The van der Waals surface area contributed by atoms with Crippen LogP contribution in [-0.4, -0.2) is 28.7 Å². The molecule has 0 atom stereocenters. The number of carbonyl (C=O) groups is 1. The summed E-state index contributed by atoms with van der Waals surface area (Å²) in [5.41, 5.74) is 6.75. The van der Waals surface area contributed by atoms with Gasteiger partial charge in [-0.1, -0.05) is 0 Å². The first-order chi connectivity index (χ1) is 11.5. The van der Waals surface area contributed by atoms with Gasteiger partial charge < -0.3 is 15.6 Å². The fourth-order valence-corrected chi connectivity index (χ4v) is 3.58. The standard InChI is InChI=1S/C19H24N2O3/c1-24-15-2-3-17-16(12-15)13(7-11-21-17)4-8-19(23)9-5-14(6-10-19)18(20)22/h2-3,7,11-12,14,23H,4-6,8-10H2,1H3,(H2,20,22). The molecule has 1 aromatic heterocycles. The summed E-state index contributed by atoms with van der Waals surface area (Å²) in [6.07, 6.45) is 5.87. The first kappa shape index (κ1) is 16.7. The van der Waals surface area contributed by atoms with Crippen molar-refractivity contribution < 1.29 is 14.6 Å². The lowest BCUT2D eigenvalue weighted by Crippen LogP contribution is -2.38. The zero-order valence-electron chi connectivity index (χ0n) is 14.0. The molecule has 0 spiro atoms. The number of hydrogen-bond acceptors (Lipinski definition) is 4. The van der Waals surface area contributed by atoms with E-state index < -0.39 is 5.60 Å². The van der Waals surface area contributed by atoms with Crippen molar-refractivity contribution in [1.29, 1.82) is 0 Å². The van der Waals surface area contributed by atoms with Gasteiger partial charge in [-0.2, -0.15) is 0 Å². The van der Waals surface area contributed by atoms with E-state index >= 15 is 0 Å². The van der Waals surface area contributed by atoms with Crippen molar-refractivity contribution >= 4 is 16.8 Å². The second kappa shape index (κ2) is 6.77. The van der Waals surface area contributed by atoms with Crippen LogP contribution in [0, 0.1) is 5.92 Å². The van der Waals surface area contributed by atoms with Crippen LogP contribution in [0.2, 0.25) is 0 Å². The number of pyridine rings is 1. The van der Waals surface area contributed by atoms with Gasteiger partial charge in [0.2, 0.25) is 5.91 Å². The van der Waals surface area contributed by atoms with Gasteiger partial charge in [0.1, 0.15) is 5.75 Å². The van der Waals surface area contributed by atoms with Crippen molar-refractivity contribution in [3.05, 3.63) is 36.0 Å². The van der Waals surface area contributed by atoms with Gasteiger partial charge >= 0.3 is 0 Å². The molecule has 0 bridgehead atoms. The molecule has 0 saturated heterocycles. The van der Waals surface area contributed by atoms with Gasteiger partial charge in [0, 0.05) is 17.5 Å². The predicted octanol–water partition coefficient (Wildman–Crippen LogP) is 2.58. The Bertz CT molecular complexity index is 736. The molecular formula is C19H24N2O3. The molecular weight excluding hydrogens is 304 g/mol. The van der Waals surface area contributed by atoms with Crippen LogP contribution >= 0.6 is 0 Å². The fraction of sp³-hybridized carbons (Fsp3) is 0.474. The zero-order valence-corrected chi connectivity index (χ0v) is 14.0. The monoisotopic (exact) mass is 328 g/mol. The highest BCUT2D eigenvalue weighted by atomic mass is 16.5. The average molecular weight is 328 g/mol. The van der Waals surface area contributed by atoms with Crippen molar-refractivity contribution in [2.24, 2.45) is 11.7 Å². The summed E-state index contributed by atoms with van der Waals surface area (Å²) in [7, 11) is 1.65. The lowest BCUT2D eigenvalue weighted by molar-refractivity contribution is -0.124. The van der Waals surface area contributed by atoms with E-state index in [0.29, 0.717) is 32.1 Å². The lowest BCUT2D eigenvalue weighted by atomic mass is 9.76. The second-order valence-electron chi connectivity index (χ2n) is 6.75. The molecule has 1 amide bonds. The van der Waals surface area contributed by atoms with Gasteiger partial charge in [0.25, 0.3) is 0 Å². The van der Waals surface area contributed by atoms with E-state index in [2.05, 4.69) is 4.98 Å². The van der Waals surface area contributed by atoms with E-state index in [9.17, 15) is 9.90 Å². The molecule has 1 aliphatic rings. The number of benzene rings is 1. The molecule has 0 aliphatic heterocycles. The molecule has 1 fully saturated rings. The highest BCUT2D eigenvalue weighted by Crippen LogP contribution is 2.35. The Labute approximate surface area is 141 Å². The first-order valence-corrected chi connectivity index (χ1v) is 8.44. The summed E-state index contributed by atoms with van der Waals surface area (Å²) < 4.78 is 5.30. The van der Waals surface area contributed by atoms with Gasteiger partial charge in [-0.05, 0) is 68.4 Å². The van der Waals surface area contributed by atoms with E-state index in [1.165, 1.54) is 0 Å². The summed E-state index contributed by atoms with van der Waals surface area (Å²) in [4.78, 5) is 15.7. The zero-order chi connectivity index (χ0) is 17.2. The van der Waals surface area contributed by atoms with Crippen molar-refractivity contribution in [1.82, 2.24) is 4.98 Å². The van der Waals surface area contributed by atoms with Crippen molar-refractivity contribution in [3.63, 3.8) is 0 Å². The van der Waals surface area contributed by atoms with Gasteiger partial charge in [0.15, 0.2) is 0 Å². The number of nitrogens with zero attached hydrogens (tertiary/aromatic N) is 1. The van der Waals surface area contributed by atoms with Crippen LogP contribution in [0.15, 0.2) is 30.5 Å². The number of aliphatic hydroxyl groups is 1. The van der Waals surface area contributed by atoms with Gasteiger partial charge in [0.05, 0.1) is 18.2 Å². The number of carbonyl (C=O) groups excluding carboxylic acids is 1. The number of primary amides is 1. The van der Waals surface area contributed by atoms with Crippen LogP contribution in [-0.2, 0) is 11.2 Å². The van der Waals surface area contributed by atoms with Crippen LogP contribution in [0.5, 0.6) is 5.75 Å². The first-order valence-electron chi connectivity index (χ1n) is 8.44. The maximum absolute atomic E-state index is 11.3. The average Bonchev–Trinajstić information content (AvgIpc) is 2.60. The summed E-state index contributed by atoms with van der Waals surface area (Å²) in [5.74, 6) is 0.470. The Kier molecular flexibility index (Phi) is 4.71. The number of rotatable bonds is 5. The molecule has 5 heteroatoms. The summed E-state index contributed by atoms with van der Waals surface area (Å²) >= 11 is 0. The Hall–Kier alpha value is -2.14. The molecule has 128 valence electrons. The number of fused-ring (bicyclic) bond motifs is 1. The third kappa shape index (κ3) is 3.51. The molecule has 24 heavy (non-hydrogen) atoms. The molecule has 1 saturated carbocycles. The Morgan fingerprint density at radius 1 is 1.38 bits per heavy atom. The number of amides is 1. The molecule has 0 unspecified atom stereocenters. The summed E-state index contributed by atoms with van der Waals surface area (Å²) in [6, 6.07) is 7.84. The number of aryl methyl sites for hydroxylation is 1. The minimum Gasteiger partial charge on any atom is -0.497 e. The van der Waals surface area contributed by atoms with Crippen LogP contribution < -0.4 is 10.5 Å². The predicted molar refractivity (Wildman–Crippen MR) is 92.7 cm³/mol. The van der Waals surface area contributed by atoms with Crippen molar-refractivity contribution in [2.45, 2.75) is 44.1 Å². The molecule has 1 aliphatic carbocycles. The summed E-state index contributed by atoms with van der Waals surface area (Å²) in [5, 5.41) is 11.9. The topological polar surface area (TPSA) is 85.4 Å². The molecule has 3 N–H and O–H groups in total. The van der Waals surface area contributed by atoms with Crippen LogP contribution in [0.25, 0.3) is 10.9 Å². The van der Waals surface area contributed by atoms with Crippen molar-refractivity contribution in [3.8, 4) is 5.75 Å². The van der Waals surface area contributed by atoms with E-state index in [4.69, 9.17) is 10.5 Å². The maximum Gasteiger partial charge on any atom is 0.220 e. The van der Waals surface area contributed by atoms with E-state index in [1.807, 2.05) is 24.3 Å². The van der Waals surface area contributed by atoms with E-state index in [-0.39, 0.29) is 11.8 Å². The summed E-state index contributed by atoms with van der Waals surface area (Å²) in [6.45, 7) is 0. The van der Waals surface area contributed by atoms with E-state index in [1.54, 1.807) is 13.3 Å². The molecule has 2 aromatic rings. The number of methoxy groups -OCH3 is 1. The van der Waals surface area contributed by atoms with Crippen LogP contribution in [0.3, 0.4) is 0 Å². The minimum absolute atomic E-state index is 0.0868. The second-order valence-corrected chi connectivity index (χ2v) is 6.75. The molecule has 1 aromatic carbocycles. The molecule has 3 rings (SSSR count). The Morgan fingerprint density at radius 2 is 2.12 bits per heavy atom. The minimum atomic E-state index is -0.708. The smallest absolute Gasteiger partial charge is 0.220 e. The number of nitrogens with two attached hydrogens (primary N) is 1. The quantitative estimate of drug-likeness (QED) is 0.883. The Balaban J connectivity index is 1.73. The third-order valence-electron chi connectivity index (χ3n) is 5.22. The lowest BCUT2D eigenvalue weighted by Gasteiger charge is -2.35. The Morgan fingerprint density at radius 3 is 2.79 bits per heavy atom. The molecule has 0 radical (unpaired) electrons.